The molecule has 0 aromatic heterocycles. The zero-order valence-corrected chi connectivity index (χ0v) is 14.1. The van der Waals surface area contributed by atoms with Crippen LogP contribution in [0.3, 0.4) is 0 Å². The zero-order chi connectivity index (χ0) is 15.9. The molecule has 1 unspecified atom stereocenters. The van der Waals surface area contributed by atoms with Crippen molar-refractivity contribution in [3.63, 3.8) is 0 Å². The summed E-state index contributed by atoms with van der Waals surface area (Å²) in [4.78, 5) is 12.9. The van der Waals surface area contributed by atoms with E-state index in [0.717, 1.165) is 16.7 Å². The van der Waals surface area contributed by atoms with Gasteiger partial charge in [0, 0.05) is 12.1 Å². The average Bonchev–Trinajstić information content (AvgIpc) is 2.64. The van der Waals surface area contributed by atoms with E-state index >= 15 is 0 Å². The Morgan fingerprint density at radius 1 is 0.750 bits per heavy atom. The molecule has 0 aliphatic heterocycles. The summed E-state index contributed by atoms with van der Waals surface area (Å²) in [6, 6.07) is 29.1. The summed E-state index contributed by atoms with van der Waals surface area (Å²) in [5.74, 6) is 0.0905. The van der Waals surface area contributed by atoms with Crippen molar-refractivity contribution in [2.75, 3.05) is 0 Å². The molecule has 24 heavy (non-hydrogen) atoms. The van der Waals surface area contributed by atoms with Crippen LogP contribution >= 0.6 is 12.4 Å². The number of hydrogen-bond acceptors (Lipinski definition) is 2. The molecule has 3 aromatic carbocycles. The van der Waals surface area contributed by atoms with E-state index in [0.29, 0.717) is 6.54 Å². The number of carbonyl (C=O) groups is 1. The third-order valence-corrected chi connectivity index (χ3v) is 3.81. The number of Topliss-reactive ketones (excluding diaryl/α,β-unsaturated/α-hetero) is 1. The van der Waals surface area contributed by atoms with Crippen LogP contribution in [-0.2, 0) is 6.54 Å². The van der Waals surface area contributed by atoms with Gasteiger partial charge in [0.2, 0.25) is 0 Å². The lowest BCUT2D eigenvalue weighted by molar-refractivity contribution is 0.0942. The Morgan fingerprint density at radius 3 is 1.83 bits per heavy atom. The van der Waals surface area contributed by atoms with Crippen LogP contribution in [-0.4, -0.2) is 5.78 Å². The van der Waals surface area contributed by atoms with Crippen LogP contribution in [0.4, 0.5) is 0 Å². The van der Waals surface area contributed by atoms with Gasteiger partial charge in [0.05, 0.1) is 6.04 Å². The number of halogens is 1. The third-order valence-electron chi connectivity index (χ3n) is 3.81. The Morgan fingerprint density at radius 2 is 1.25 bits per heavy atom. The van der Waals surface area contributed by atoms with Crippen LogP contribution in [0.1, 0.15) is 27.5 Å². The number of hydrogen-bond donors (Lipinski definition) is 1. The van der Waals surface area contributed by atoms with Gasteiger partial charge in [-0.3, -0.25) is 10.1 Å². The van der Waals surface area contributed by atoms with E-state index in [4.69, 9.17) is 0 Å². The molecule has 0 aliphatic carbocycles. The van der Waals surface area contributed by atoms with Gasteiger partial charge in [0.25, 0.3) is 0 Å². The molecule has 3 aromatic rings. The van der Waals surface area contributed by atoms with Crippen molar-refractivity contribution in [2.45, 2.75) is 12.6 Å². The Bertz CT molecular complexity index is 745. The quantitative estimate of drug-likeness (QED) is 0.653. The molecule has 0 spiro atoms. The van der Waals surface area contributed by atoms with Gasteiger partial charge in [-0.1, -0.05) is 91.0 Å². The van der Waals surface area contributed by atoms with Crippen molar-refractivity contribution in [1.29, 1.82) is 0 Å². The SMILES string of the molecule is Cl.O=C(c1ccccc1)C(NCc1ccccc1)c1ccccc1. The van der Waals surface area contributed by atoms with E-state index < -0.39 is 0 Å². The summed E-state index contributed by atoms with van der Waals surface area (Å²) in [5, 5.41) is 3.40. The fraction of sp³-hybridized carbons (Fsp3) is 0.0952. The minimum absolute atomic E-state index is 0. The molecule has 0 radical (unpaired) electrons. The smallest absolute Gasteiger partial charge is 0.184 e. The maximum atomic E-state index is 12.9. The van der Waals surface area contributed by atoms with Crippen LogP contribution in [0.15, 0.2) is 91.0 Å². The molecule has 1 N–H and O–H groups in total. The molecule has 1 atom stereocenters. The molecule has 0 aliphatic rings. The van der Waals surface area contributed by atoms with E-state index in [9.17, 15) is 4.79 Å². The number of nitrogens with one attached hydrogen (secondary N) is 1. The predicted molar refractivity (Wildman–Crippen MR) is 100 cm³/mol. The van der Waals surface area contributed by atoms with Crippen molar-refractivity contribution in [3.8, 4) is 0 Å². The molecule has 3 heteroatoms. The highest BCUT2D eigenvalue weighted by atomic mass is 35.5. The first-order valence-corrected chi connectivity index (χ1v) is 7.76. The summed E-state index contributed by atoms with van der Waals surface area (Å²) < 4.78 is 0. The summed E-state index contributed by atoms with van der Waals surface area (Å²) in [7, 11) is 0. The summed E-state index contributed by atoms with van der Waals surface area (Å²) in [6.45, 7) is 0.652. The lowest BCUT2D eigenvalue weighted by Crippen LogP contribution is -2.28. The highest BCUT2D eigenvalue weighted by molar-refractivity contribution is 6.00. The van der Waals surface area contributed by atoms with E-state index in [1.807, 2.05) is 78.9 Å². The van der Waals surface area contributed by atoms with Crippen LogP contribution in [0.2, 0.25) is 0 Å². The first-order valence-electron chi connectivity index (χ1n) is 7.76. The normalized spacial score (nSPS) is 11.3. The minimum atomic E-state index is -0.348. The Labute approximate surface area is 149 Å². The maximum absolute atomic E-state index is 12.9. The molecule has 0 fully saturated rings. The largest absolute Gasteiger partial charge is 0.299 e. The molecule has 0 heterocycles. The topological polar surface area (TPSA) is 29.1 Å². The van der Waals surface area contributed by atoms with E-state index in [1.165, 1.54) is 0 Å². The monoisotopic (exact) mass is 337 g/mol. The van der Waals surface area contributed by atoms with Crippen LogP contribution < -0.4 is 5.32 Å². The van der Waals surface area contributed by atoms with Gasteiger partial charge < -0.3 is 0 Å². The second kappa shape index (κ2) is 9.02. The van der Waals surface area contributed by atoms with Gasteiger partial charge in [-0.15, -0.1) is 12.4 Å². The van der Waals surface area contributed by atoms with E-state index in [1.54, 1.807) is 0 Å². The molecular weight excluding hydrogens is 318 g/mol. The highest BCUT2D eigenvalue weighted by Gasteiger charge is 2.21. The molecule has 122 valence electrons. The second-order valence-electron chi connectivity index (χ2n) is 5.44. The molecule has 0 bridgehead atoms. The highest BCUT2D eigenvalue weighted by Crippen LogP contribution is 2.19. The standard InChI is InChI=1S/C21H19NO.ClH/c23-21(19-14-8-3-9-15-19)20(18-12-6-2-7-13-18)22-16-17-10-4-1-5-11-17;/h1-15,20,22H,16H2;1H. The molecule has 0 saturated carbocycles. The van der Waals surface area contributed by atoms with E-state index in [2.05, 4.69) is 17.4 Å². The van der Waals surface area contributed by atoms with Crippen molar-refractivity contribution in [3.05, 3.63) is 108 Å². The number of benzene rings is 3. The van der Waals surface area contributed by atoms with Crippen molar-refractivity contribution < 1.29 is 4.79 Å². The van der Waals surface area contributed by atoms with Gasteiger partial charge in [-0.2, -0.15) is 0 Å². The second-order valence-corrected chi connectivity index (χ2v) is 5.44. The fourth-order valence-corrected chi connectivity index (χ4v) is 2.59. The Hall–Kier alpha value is -2.42. The summed E-state index contributed by atoms with van der Waals surface area (Å²) in [6.07, 6.45) is 0. The lowest BCUT2D eigenvalue weighted by atomic mass is 9.97. The molecular formula is C21H20ClNO. The Balaban J connectivity index is 0.00000208. The number of rotatable bonds is 6. The first-order chi connectivity index (χ1) is 11.3. The van der Waals surface area contributed by atoms with Crippen molar-refractivity contribution in [1.82, 2.24) is 5.32 Å². The lowest BCUT2D eigenvalue weighted by Gasteiger charge is -2.18. The molecule has 3 rings (SSSR count). The van der Waals surface area contributed by atoms with Gasteiger partial charge >= 0.3 is 0 Å². The van der Waals surface area contributed by atoms with E-state index in [-0.39, 0.29) is 24.2 Å². The maximum Gasteiger partial charge on any atom is 0.184 e. The van der Waals surface area contributed by atoms with Gasteiger partial charge in [-0.05, 0) is 11.1 Å². The molecule has 0 amide bonds. The fourth-order valence-electron chi connectivity index (χ4n) is 2.59. The third kappa shape index (κ3) is 4.54. The minimum Gasteiger partial charge on any atom is -0.299 e. The van der Waals surface area contributed by atoms with Crippen LogP contribution in [0.5, 0.6) is 0 Å². The van der Waals surface area contributed by atoms with Gasteiger partial charge in [0.15, 0.2) is 5.78 Å². The Kier molecular flexibility index (Phi) is 6.74. The zero-order valence-electron chi connectivity index (χ0n) is 13.3. The van der Waals surface area contributed by atoms with Crippen molar-refractivity contribution >= 4 is 18.2 Å². The number of carbonyl (C=O) groups excluding carboxylic acids is 1. The molecule has 0 saturated heterocycles. The first kappa shape index (κ1) is 17.9. The van der Waals surface area contributed by atoms with Crippen LogP contribution in [0, 0.1) is 0 Å². The van der Waals surface area contributed by atoms with Crippen molar-refractivity contribution in [2.24, 2.45) is 0 Å². The molecule has 2 nitrogen and oxygen atoms in total. The number of ketones is 1. The predicted octanol–water partition coefficient (Wildman–Crippen LogP) is 4.82. The van der Waals surface area contributed by atoms with Gasteiger partial charge in [0.1, 0.15) is 0 Å². The van der Waals surface area contributed by atoms with Gasteiger partial charge in [-0.25, -0.2) is 0 Å². The summed E-state index contributed by atoms with van der Waals surface area (Å²) in [5.41, 5.74) is 2.87. The van der Waals surface area contributed by atoms with Crippen LogP contribution in [0.25, 0.3) is 0 Å². The average molecular weight is 338 g/mol. The summed E-state index contributed by atoms with van der Waals surface area (Å²) >= 11 is 0.